The van der Waals surface area contributed by atoms with E-state index in [0.717, 1.165) is 0 Å². The molecule has 152 valence electrons. The van der Waals surface area contributed by atoms with E-state index in [4.69, 9.17) is 28.5 Å². The van der Waals surface area contributed by atoms with Gasteiger partial charge in [0.1, 0.15) is 12.1 Å². The molecule has 0 aromatic heterocycles. The number of rotatable bonds is 5. The predicted octanol–water partition coefficient (Wildman–Crippen LogP) is 3.19. The molecule has 29 heavy (non-hydrogen) atoms. The molecule has 2 aromatic carbocycles. The number of aliphatic hydroxyl groups is 1. The van der Waals surface area contributed by atoms with Crippen LogP contribution < -0.4 is 16.2 Å². The number of hydrogen-bond acceptors (Lipinski definition) is 5. The highest BCUT2D eigenvalue weighted by Crippen LogP contribution is 2.28. The van der Waals surface area contributed by atoms with Crippen molar-refractivity contribution < 1.29 is 14.7 Å². The van der Waals surface area contributed by atoms with Crippen molar-refractivity contribution in [2.75, 3.05) is 5.32 Å². The molecule has 1 atom stereocenters. The summed E-state index contributed by atoms with van der Waals surface area (Å²) in [5.41, 5.74) is 4.74. The minimum Gasteiger partial charge on any atom is -0.388 e. The van der Waals surface area contributed by atoms with Crippen molar-refractivity contribution >= 4 is 40.7 Å². The highest BCUT2D eigenvalue weighted by Gasteiger charge is 2.34. The molecule has 0 spiro atoms. The largest absolute Gasteiger partial charge is 0.388 e. The first-order valence-electron chi connectivity index (χ1n) is 8.58. The van der Waals surface area contributed by atoms with Crippen molar-refractivity contribution in [2.24, 2.45) is 0 Å². The Hall–Kier alpha value is -2.79. The van der Waals surface area contributed by atoms with Gasteiger partial charge in [-0.1, -0.05) is 23.2 Å². The quantitative estimate of drug-likeness (QED) is 0.539. The van der Waals surface area contributed by atoms with E-state index in [2.05, 4.69) is 16.2 Å². The fraction of sp³-hybridized carbons (Fsp3) is 0.250. The molecular weight excluding hydrogens is 415 g/mol. The number of hydrogen-bond donors (Lipinski definition) is 4. The Kier molecular flexibility index (Phi) is 7.09. The fourth-order valence-electron chi connectivity index (χ4n) is 2.51. The molecule has 0 fully saturated rings. The second-order valence-corrected chi connectivity index (χ2v) is 7.71. The lowest BCUT2D eigenvalue weighted by molar-refractivity contribution is -0.127. The second-order valence-electron chi connectivity index (χ2n) is 6.89. The summed E-state index contributed by atoms with van der Waals surface area (Å²) in [5, 5.41) is 23.2. The van der Waals surface area contributed by atoms with E-state index < -0.39 is 23.5 Å². The summed E-state index contributed by atoms with van der Waals surface area (Å²) >= 11 is 12.0. The molecule has 0 unspecified atom stereocenters. The van der Waals surface area contributed by atoms with Gasteiger partial charge < -0.3 is 10.4 Å². The third kappa shape index (κ3) is 5.61. The molecule has 0 saturated carbocycles. The number of nitrogens with one attached hydrogen (secondary N) is 3. The van der Waals surface area contributed by atoms with Crippen LogP contribution in [0.25, 0.3) is 0 Å². The highest BCUT2D eigenvalue weighted by molar-refractivity contribution is 6.33. The van der Waals surface area contributed by atoms with E-state index >= 15 is 0 Å². The number of carbonyl (C=O) groups excluding carboxylic acids is 2. The maximum atomic E-state index is 12.6. The van der Waals surface area contributed by atoms with E-state index in [-0.39, 0.29) is 5.02 Å². The molecule has 7 nitrogen and oxygen atoms in total. The lowest BCUT2D eigenvalue weighted by atomic mass is 9.97. The van der Waals surface area contributed by atoms with Crippen molar-refractivity contribution in [2.45, 2.75) is 32.4 Å². The molecule has 9 heteroatoms. The summed E-state index contributed by atoms with van der Waals surface area (Å²) in [4.78, 5) is 24.8. The van der Waals surface area contributed by atoms with Crippen LogP contribution in [0.15, 0.2) is 36.4 Å². The summed E-state index contributed by atoms with van der Waals surface area (Å²) in [7, 11) is 0. The van der Waals surface area contributed by atoms with Gasteiger partial charge in [0.25, 0.3) is 11.8 Å². The zero-order valence-electron chi connectivity index (χ0n) is 16.0. The molecule has 0 saturated heterocycles. The van der Waals surface area contributed by atoms with E-state index in [9.17, 15) is 14.7 Å². The van der Waals surface area contributed by atoms with Crippen LogP contribution in [0, 0.1) is 18.3 Å². The van der Waals surface area contributed by atoms with Crippen LogP contribution in [0.5, 0.6) is 0 Å². The summed E-state index contributed by atoms with van der Waals surface area (Å²) in [6, 6.07) is 10.1. The normalized spacial score (nSPS) is 11.9. The van der Waals surface area contributed by atoms with Gasteiger partial charge in [0, 0.05) is 16.3 Å². The minimum atomic E-state index is -1.48. The van der Waals surface area contributed by atoms with Gasteiger partial charge in [-0.15, -0.1) is 0 Å². The lowest BCUT2D eigenvalue weighted by Gasteiger charge is -2.30. The number of hydrazine groups is 1. The zero-order valence-corrected chi connectivity index (χ0v) is 17.5. The Morgan fingerprint density at radius 2 is 1.72 bits per heavy atom. The standard InChI is InChI=1S/C20H20Cl2N4O3/c1-11-15(9-6-13(10-23)16(11)22)24-17(20(2,3)29)19(28)26-25-18(27)12-4-7-14(21)8-5-12/h4-9,17,24,29H,1-3H3,(H,25,27)(H,26,28)/t17-/m0/s1. The molecule has 0 bridgehead atoms. The van der Waals surface area contributed by atoms with Crippen molar-refractivity contribution in [1.82, 2.24) is 10.9 Å². The number of carbonyl (C=O) groups is 2. The Balaban J connectivity index is 2.15. The number of amides is 2. The Morgan fingerprint density at radius 1 is 1.10 bits per heavy atom. The lowest BCUT2D eigenvalue weighted by Crippen LogP contribution is -2.56. The van der Waals surface area contributed by atoms with Crippen molar-refractivity contribution in [3.63, 3.8) is 0 Å². The first-order valence-corrected chi connectivity index (χ1v) is 9.34. The van der Waals surface area contributed by atoms with Crippen LogP contribution in [0.2, 0.25) is 10.0 Å². The molecule has 0 aliphatic heterocycles. The third-order valence-electron chi connectivity index (χ3n) is 4.18. The molecular formula is C20H20Cl2N4O3. The van der Waals surface area contributed by atoms with Gasteiger partial charge >= 0.3 is 0 Å². The predicted molar refractivity (Wildman–Crippen MR) is 112 cm³/mol. The molecule has 0 heterocycles. The van der Waals surface area contributed by atoms with Crippen LogP contribution in [-0.2, 0) is 4.79 Å². The Morgan fingerprint density at radius 3 is 2.28 bits per heavy atom. The number of halogens is 2. The molecule has 2 amide bonds. The average molecular weight is 435 g/mol. The summed E-state index contributed by atoms with van der Waals surface area (Å²) in [5.74, 6) is -1.21. The van der Waals surface area contributed by atoms with E-state index in [1.807, 2.05) is 6.07 Å². The van der Waals surface area contributed by atoms with Crippen molar-refractivity contribution in [1.29, 1.82) is 5.26 Å². The van der Waals surface area contributed by atoms with E-state index in [1.54, 1.807) is 25.1 Å². The maximum Gasteiger partial charge on any atom is 0.269 e. The Labute approximate surface area is 178 Å². The van der Waals surface area contributed by atoms with Crippen LogP contribution >= 0.6 is 23.2 Å². The average Bonchev–Trinajstić information content (AvgIpc) is 2.66. The topological polar surface area (TPSA) is 114 Å². The number of nitriles is 1. The Bertz CT molecular complexity index is 963. The van der Waals surface area contributed by atoms with Gasteiger partial charge in [-0.3, -0.25) is 20.4 Å². The molecule has 4 N–H and O–H groups in total. The molecule has 0 aliphatic rings. The van der Waals surface area contributed by atoms with Gasteiger partial charge in [-0.05, 0) is 62.7 Å². The minimum absolute atomic E-state index is 0.253. The van der Waals surface area contributed by atoms with Crippen LogP contribution in [0.4, 0.5) is 5.69 Å². The molecule has 2 rings (SSSR count). The van der Waals surface area contributed by atoms with Crippen LogP contribution in [-0.4, -0.2) is 28.6 Å². The van der Waals surface area contributed by atoms with Gasteiger partial charge in [0.15, 0.2) is 0 Å². The van der Waals surface area contributed by atoms with E-state index in [0.29, 0.717) is 27.4 Å². The monoisotopic (exact) mass is 434 g/mol. The van der Waals surface area contributed by atoms with Gasteiger partial charge in [-0.25, -0.2) is 0 Å². The van der Waals surface area contributed by atoms with Crippen molar-refractivity contribution in [3.05, 3.63) is 63.1 Å². The molecule has 0 aliphatic carbocycles. The fourth-order valence-corrected chi connectivity index (χ4v) is 2.84. The van der Waals surface area contributed by atoms with E-state index in [1.165, 1.54) is 32.0 Å². The molecule has 0 radical (unpaired) electrons. The number of benzene rings is 2. The zero-order chi connectivity index (χ0) is 21.8. The SMILES string of the molecule is Cc1c(N[C@@H](C(=O)NNC(=O)c2ccc(Cl)cc2)C(C)(C)O)ccc(C#N)c1Cl. The van der Waals surface area contributed by atoms with Crippen LogP contribution in [0.3, 0.4) is 0 Å². The van der Waals surface area contributed by atoms with Gasteiger partial charge in [0.05, 0.1) is 16.2 Å². The van der Waals surface area contributed by atoms with Crippen molar-refractivity contribution in [3.8, 4) is 6.07 Å². The second kappa shape index (κ2) is 9.14. The smallest absolute Gasteiger partial charge is 0.269 e. The maximum absolute atomic E-state index is 12.6. The van der Waals surface area contributed by atoms with Crippen LogP contribution in [0.1, 0.15) is 35.3 Å². The number of anilines is 1. The van der Waals surface area contributed by atoms with Gasteiger partial charge in [0.2, 0.25) is 0 Å². The third-order valence-corrected chi connectivity index (χ3v) is 4.92. The molecule has 2 aromatic rings. The first kappa shape index (κ1) is 22.5. The summed E-state index contributed by atoms with van der Waals surface area (Å²) in [6.07, 6.45) is 0. The number of nitrogens with zero attached hydrogens (tertiary/aromatic N) is 1. The summed E-state index contributed by atoms with van der Waals surface area (Å²) < 4.78 is 0. The first-order chi connectivity index (χ1) is 13.5. The van der Waals surface area contributed by atoms with Gasteiger partial charge in [-0.2, -0.15) is 5.26 Å². The highest BCUT2D eigenvalue weighted by atomic mass is 35.5. The summed E-state index contributed by atoms with van der Waals surface area (Å²) in [6.45, 7) is 4.59.